The molecule has 0 fully saturated rings. The van der Waals surface area contributed by atoms with Gasteiger partial charge in [0.1, 0.15) is 11.3 Å². The maximum atomic E-state index is 11.5. The third-order valence-electron chi connectivity index (χ3n) is 1.54. The van der Waals surface area contributed by atoms with Crippen LogP contribution in [0.15, 0.2) is 11.8 Å². The highest BCUT2D eigenvalue weighted by Gasteiger charge is 2.19. The number of ether oxygens (including phenoxy) is 2. The smallest absolute Gasteiger partial charge is 0.412 e. The molecular formula is C12H21NO4. The lowest BCUT2D eigenvalue weighted by atomic mass is 10.2. The number of hydrogen-bond donors (Lipinski definition) is 1. The number of esters is 1. The Morgan fingerprint density at radius 1 is 1.24 bits per heavy atom. The summed E-state index contributed by atoms with van der Waals surface area (Å²) in [7, 11) is 1.26. The number of methoxy groups -OCH3 is 1. The summed E-state index contributed by atoms with van der Waals surface area (Å²) in [6, 6.07) is 0. The molecule has 17 heavy (non-hydrogen) atoms. The number of allylic oxidation sites excluding steroid dienone is 1. The maximum absolute atomic E-state index is 11.5. The molecule has 0 aliphatic rings. The van der Waals surface area contributed by atoms with Crippen molar-refractivity contribution in [1.29, 1.82) is 0 Å². The molecule has 0 aromatic carbocycles. The normalized spacial score (nSPS) is 12.3. The number of carbonyl (C=O) groups excluding carboxylic acids is 2. The predicted molar refractivity (Wildman–Crippen MR) is 64.3 cm³/mol. The molecular weight excluding hydrogens is 222 g/mol. The average molecular weight is 243 g/mol. The van der Waals surface area contributed by atoms with Gasteiger partial charge in [0.2, 0.25) is 0 Å². The van der Waals surface area contributed by atoms with Crippen LogP contribution >= 0.6 is 0 Å². The maximum Gasteiger partial charge on any atom is 0.412 e. The molecule has 0 aliphatic carbocycles. The van der Waals surface area contributed by atoms with Crippen LogP contribution in [0.25, 0.3) is 0 Å². The summed E-state index contributed by atoms with van der Waals surface area (Å²) in [4.78, 5) is 22.9. The molecule has 0 rings (SSSR count). The molecule has 0 unspecified atom stereocenters. The Bertz CT molecular complexity index is 313. The largest absolute Gasteiger partial charge is 0.464 e. The monoisotopic (exact) mass is 243 g/mol. The second-order valence-electron chi connectivity index (χ2n) is 4.94. The van der Waals surface area contributed by atoms with Crippen LogP contribution < -0.4 is 5.32 Å². The van der Waals surface area contributed by atoms with E-state index in [-0.39, 0.29) is 11.6 Å². The SMILES string of the molecule is COC(=O)/C(=C\C(C)C)NC(=O)OC(C)(C)C. The van der Waals surface area contributed by atoms with Gasteiger partial charge in [-0.05, 0) is 26.7 Å². The topological polar surface area (TPSA) is 64.6 Å². The van der Waals surface area contributed by atoms with E-state index in [9.17, 15) is 9.59 Å². The summed E-state index contributed by atoms with van der Waals surface area (Å²) < 4.78 is 9.61. The first-order valence-corrected chi connectivity index (χ1v) is 5.46. The van der Waals surface area contributed by atoms with Crippen molar-refractivity contribution >= 4 is 12.1 Å². The van der Waals surface area contributed by atoms with Crippen LogP contribution in [0.1, 0.15) is 34.6 Å². The summed E-state index contributed by atoms with van der Waals surface area (Å²) in [5.74, 6) is -0.483. The van der Waals surface area contributed by atoms with Gasteiger partial charge in [0.25, 0.3) is 0 Å². The van der Waals surface area contributed by atoms with Gasteiger partial charge in [0, 0.05) is 0 Å². The van der Waals surface area contributed by atoms with Crippen LogP contribution in [-0.4, -0.2) is 24.8 Å². The van der Waals surface area contributed by atoms with E-state index in [0.717, 1.165) is 0 Å². The Labute approximate surface area is 102 Å². The first-order valence-electron chi connectivity index (χ1n) is 5.46. The number of carbonyl (C=O) groups is 2. The lowest BCUT2D eigenvalue weighted by Gasteiger charge is -2.20. The molecule has 0 saturated heterocycles. The highest BCUT2D eigenvalue weighted by molar-refractivity contribution is 5.92. The van der Waals surface area contributed by atoms with Crippen molar-refractivity contribution in [2.75, 3.05) is 7.11 Å². The van der Waals surface area contributed by atoms with Crippen molar-refractivity contribution in [2.45, 2.75) is 40.2 Å². The van der Waals surface area contributed by atoms with E-state index in [1.165, 1.54) is 7.11 Å². The summed E-state index contributed by atoms with van der Waals surface area (Å²) in [5, 5.41) is 2.38. The molecule has 5 heteroatoms. The van der Waals surface area contributed by atoms with Gasteiger partial charge in [-0.15, -0.1) is 0 Å². The van der Waals surface area contributed by atoms with E-state index in [1.807, 2.05) is 13.8 Å². The van der Waals surface area contributed by atoms with Gasteiger partial charge in [0.05, 0.1) is 7.11 Å². The zero-order valence-electron chi connectivity index (χ0n) is 11.3. The lowest BCUT2D eigenvalue weighted by Crippen LogP contribution is -2.34. The molecule has 0 aromatic heterocycles. The van der Waals surface area contributed by atoms with Gasteiger partial charge in [-0.2, -0.15) is 0 Å². The van der Waals surface area contributed by atoms with E-state index in [4.69, 9.17) is 4.74 Å². The number of rotatable bonds is 3. The Balaban J connectivity index is 4.67. The van der Waals surface area contributed by atoms with Crippen molar-refractivity contribution in [2.24, 2.45) is 5.92 Å². The zero-order valence-corrected chi connectivity index (χ0v) is 11.3. The molecule has 0 bridgehead atoms. The third-order valence-corrected chi connectivity index (χ3v) is 1.54. The number of amides is 1. The van der Waals surface area contributed by atoms with Gasteiger partial charge in [-0.3, -0.25) is 5.32 Å². The van der Waals surface area contributed by atoms with Crippen LogP contribution in [0.3, 0.4) is 0 Å². The van der Waals surface area contributed by atoms with Crippen molar-refractivity contribution in [3.05, 3.63) is 11.8 Å². The second kappa shape index (κ2) is 6.27. The van der Waals surface area contributed by atoms with Crippen LogP contribution in [0.4, 0.5) is 4.79 Å². The fourth-order valence-corrected chi connectivity index (χ4v) is 1.02. The molecule has 0 saturated carbocycles. The summed E-state index contributed by atoms with van der Waals surface area (Å²) in [6.07, 6.45) is 0.935. The number of alkyl carbamates (subject to hydrolysis) is 1. The first-order chi connectivity index (χ1) is 7.65. The Hall–Kier alpha value is -1.52. The Kier molecular flexibility index (Phi) is 5.71. The summed E-state index contributed by atoms with van der Waals surface area (Å²) >= 11 is 0. The molecule has 1 N–H and O–H groups in total. The number of nitrogens with one attached hydrogen (secondary N) is 1. The van der Waals surface area contributed by atoms with E-state index >= 15 is 0 Å². The molecule has 0 radical (unpaired) electrons. The minimum absolute atomic E-state index is 0.0942. The minimum Gasteiger partial charge on any atom is -0.464 e. The zero-order chi connectivity index (χ0) is 13.6. The highest BCUT2D eigenvalue weighted by Crippen LogP contribution is 2.08. The molecule has 5 nitrogen and oxygen atoms in total. The Morgan fingerprint density at radius 2 is 1.76 bits per heavy atom. The Morgan fingerprint density at radius 3 is 2.12 bits per heavy atom. The molecule has 1 amide bonds. The quantitative estimate of drug-likeness (QED) is 0.609. The average Bonchev–Trinajstić information content (AvgIpc) is 2.11. The van der Waals surface area contributed by atoms with E-state index in [0.29, 0.717) is 0 Å². The van der Waals surface area contributed by atoms with Crippen molar-refractivity contribution in [3.63, 3.8) is 0 Å². The van der Waals surface area contributed by atoms with Gasteiger partial charge >= 0.3 is 12.1 Å². The molecule has 98 valence electrons. The van der Waals surface area contributed by atoms with E-state index in [2.05, 4.69) is 10.1 Å². The van der Waals surface area contributed by atoms with Crippen molar-refractivity contribution in [3.8, 4) is 0 Å². The van der Waals surface area contributed by atoms with Crippen LogP contribution in [0.5, 0.6) is 0 Å². The fraction of sp³-hybridized carbons (Fsp3) is 0.667. The van der Waals surface area contributed by atoms with Crippen molar-refractivity contribution in [1.82, 2.24) is 5.32 Å². The molecule has 0 aliphatic heterocycles. The van der Waals surface area contributed by atoms with Crippen molar-refractivity contribution < 1.29 is 19.1 Å². The van der Waals surface area contributed by atoms with Gasteiger partial charge in [-0.1, -0.05) is 19.9 Å². The van der Waals surface area contributed by atoms with Gasteiger partial charge < -0.3 is 9.47 Å². The first kappa shape index (κ1) is 15.5. The molecule has 0 aromatic rings. The minimum atomic E-state index is -0.671. The van der Waals surface area contributed by atoms with Gasteiger partial charge in [-0.25, -0.2) is 9.59 Å². The third kappa shape index (κ3) is 7.38. The highest BCUT2D eigenvalue weighted by atomic mass is 16.6. The van der Waals surface area contributed by atoms with E-state index in [1.54, 1.807) is 26.8 Å². The molecule has 0 heterocycles. The van der Waals surface area contributed by atoms with E-state index < -0.39 is 17.7 Å². The second-order valence-corrected chi connectivity index (χ2v) is 4.94. The standard InChI is InChI=1S/C12H21NO4/c1-8(2)7-9(10(14)16-6)13-11(15)17-12(3,4)5/h7-8H,1-6H3,(H,13,15)/b9-7+. The predicted octanol–water partition coefficient (Wildman–Crippen LogP) is 2.22. The molecule has 0 spiro atoms. The number of hydrogen-bond acceptors (Lipinski definition) is 4. The lowest BCUT2D eigenvalue weighted by molar-refractivity contribution is -0.136. The van der Waals surface area contributed by atoms with Gasteiger partial charge in [0.15, 0.2) is 0 Å². The van der Waals surface area contributed by atoms with Crippen LogP contribution in [0, 0.1) is 5.92 Å². The fourth-order valence-electron chi connectivity index (χ4n) is 1.02. The summed E-state index contributed by atoms with van der Waals surface area (Å²) in [5.41, 5.74) is -0.514. The van der Waals surface area contributed by atoms with Crippen LogP contribution in [-0.2, 0) is 14.3 Å². The molecule has 0 atom stereocenters. The summed E-state index contributed by atoms with van der Waals surface area (Å²) in [6.45, 7) is 9.02. The van der Waals surface area contributed by atoms with Crippen LogP contribution in [0.2, 0.25) is 0 Å².